The summed E-state index contributed by atoms with van der Waals surface area (Å²) in [7, 11) is 0. The standard InChI is InChI=1S/C15H29N5O/c16-19-10-12-13(11-19)21-14(9-17-12)18-20-7-5-15(6-8-20)3-1-2-4-15/h12-14,17-18H,1-11,16H2/t12-,13-,14?/m1/s1. The van der Waals surface area contributed by atoms with Gasteiger partial charge in [-0.05, 0) is 31.1 Å². The van der Waals surface area contributed by atoms with Gasteiger partial charge in [-0.15, -0.1) is 0 Å². The fourth-order valence-electron chi connectivity index (χ4n) is 4.67. The third-order valence-corrected chi connectivity index (χ3v) is 6.01. The molecule has 6 nitrogen and oxygen atoms in total. The smallest absolute Gasteiger partial charge is 0.133 e. The van der Waals surface area contributed by atoms with Crippen LogP contribution >= 0.6 is 0 Å². The highest BCUT2D eigenvalue weighted by molar-refractivity contribution is 4.93. The molecule has 1 saturated carbocycles. The Balaban J connectivity index is 1.26. The van der Waals surface area contributed by atoms with Crippen molar-refractivity contribution < 1.29 is 4.74 Å². The van der Waals surface area contributed by atoms with Crippen LogP contribution in [0.2, 0.25) is 0 Å². The van der Waals surface area contributed by atoms with E-state index in [0.29, 0.717) is 11.5 Å². The molecule has 6 heteroatoms. The highest BCUT2D eigenvalue weighted by Crippen LogP contribution is 2.45. The largest absolute Gasteiger partial charge is 0.354 e. The lowest BCUT2D eigenvalue weighted by molar-refractivity contribution is -0.102. The van der Waals surface area contributed by atoms with Gasteiger partial charge < -0.3 is 10.1 Å². The van der Waals surface area contributed by atoms with E-state index in [2.05, 4.69) is 15.8 Å². The molecule has 120 valence electrons. The van der Waals surface area contributed by atoms with E-state index in [-0.39, 0.29) is 12.3 Å². The Morgan fingerprint density at radius 1 is 1.10 bits per heavy atom. The zero-order valence-electron chi connectivity index (χ0n) is 12.9. The summed E-state index contributed by atoms with van der Waals surface area (Å²) in [6.07, 6.45) is 8.83. The number of nitrogens with zero attached hydrogens (tertiary/aromatic N) is 2. The molecule has 3 saturated heterocycles. The molecule has 3 heterocycles. The van der Waals surface area contributed by atoms with Gasteiger partial charge in [0.1, 0.15) is 6.23 Å². The molecule has 0 amide bonds. The van der Waals surface area contributed by atoms with Crippen LogP contribution in [0.1, 0.15) is 38.5 Å². The number of piperidine rings is 1. The van der Waals surface area contributed by atoms with E-state index >= 15 is 0 Å². The van der Waals surface area contributed by atoms with Crippen molar-refractivity contribution in [3.8, 4) is 0 Å². The average Bonchev–Trinajstić information content (AvgIpc) is 3.07. The van der Waals surface area contributed by atoms with E-state index in [4.69, 9.17) is 10.6 Å². The molecule has 1 aliphatic carbocycles. The van der Waals surface area contributed by atoms with Gasteiger partial charge in [0, 0.05) is 38.8 Å². The molecule has 4 rings (SSSR count). The van der Waals surface area contributed by atoms with Gasteiger partial charge in [-0.2, -0.15) is 0 Å². The van der Waals surface area contributed by atoms with E-state index in [1.165, 1.54) is 38.5 Å². The average molecular weight is 295 g/mol. The summed E-state index contributed by atoms with van der Waals surface area (Å²) in [6, 6.07) is 0.399. The molecule has 4 N–H and O–H groups in total. The monoisotopic (exact) mass is 295 g/mol. The third kappa shape index (κ3) is 2.98. The molecule has 0 radical (unpaired) electrons. The van der Waals surface area contributed by atoms with E-state index < -0.39 is 0 Å². The number of fused-ring (bicyclic) bond motifs is 1. The minimum Gasteiger partial charge on any atom is -0.354 e. The van der Waals surface area contributed by atoms with Gasteiger partial charge in [0.15, 0.2) is 0 Å². The summed E-state index contributed by atoms with van der Waals surface area (Å²) in [5.41, 5.74) is 4.26. The maximum absolute atomic E-state index is 6.16. The molecule has 1 unspecified atom stereocenters. The number of rotatable bonds is 2. The molecular weight excluding hydrogens is 266 g/mol. The summed E-state index contributed by atoms with van der Waals surface area (Å²) in [4.78, 5) is 0. The highest BCUT2D eigenvalue weighted by Gasteiger charge is 2.40. The first-order valence-electron chi connectivity index (χ1n) is 8.62. The van der Waals surface area contributed by atoms with Crippen LogP contribution in [0.15, 0.2) is 0 Å². The summed E-state index contributed by atoms with van der Waals surface area (Å²) >= 11 is 0. The summed E-state index contributed by atoms with van der Waals surface area (Å²) < 4.78 is 6.16. The molecular formula is C15H29N5O. The molecule has 4 fully saturated rings. The fourth-order valence-corrected chi connectivity index (χ4v) is 4.67. The Hall–Kier alpha value is -0.240. The fraction of sp³-hybridized carbons (Fsp3) is 1.00. The lowest BCUT2D eigenvalue weighted by Gasteiger charge is -2.42. The molecule has 0 aromatic heterocycles. The maximum atomic E-state index is 6.16. The van der Waals surface area contributed by atoms with Gasteiger partial charge in [-0.3, -0.25) is 5.84 Å². The highest BCUT2D eigenvalue weighted by atomic mass is 16.5. The quantitative estimate of drug-likeness (QED) is 0.624. The molecule has 4 aliphatic rings. The van der Waals surface area contributed by atoms with Gasteiger partial charge in [0.25, 0.3) is 0 Å². The number of nitrogens with one attached hydrogen (secondary N) is 2. The normalized spacial score (nSPS) is 40.7. The summed E-state index contributed by atoms with van der Waals surface area (Å²) in [5, 5.41) is 7.80. The van der Waals surface area contributed by atoms with Crippen LogP contribution in [0.4, 0.5) is 0 Å². The zero-order valence-corrected chi connectivity index (χ0v) is 12.9. The van der Waals surface area contributed by atoms with Crippen molar-refractivity contribution in [1.29, 1.82) is 0 Å². The lowest BCUT2D eigenvalue weighted by atomic mass is 9.77. The van der Waals surface area contributed by atoms with Crippen molar-refractivity contribution in [2.24, 2.45) is 11.3 Å². The van der Waals surface area contributed by atoms with Crippen molar-refractivity contribution in [2.45, 2.75) is 56.9 Å². The number of morpholine rings is 1. The minimum atomic E-state index is 0.0929. The van der Waals surface area contributed by atoms with Crippen LogP contribution in [0.25, 0.3) is 0 Å². The maximum Gasteiger partial charge on any atom is 0.133 e. The Labute approximate surface area is 127 Å². The Morgan fingerprint density at radius 3 is 2.62 bits per heavy atom. The second-order valence-corrected chi connectivity index (χ2v) is 7.46. The number of hydrogen-bond acceptors (Lipinski definition) is 6. The van der Waals surface area contributed by atoms with Crippen LogP contribution in [0, 0.1) is 5.41 Å². The van der Waals surface area contributed by atoms with Crippen molar-refractivity contribution in [1.82, 2.24) is 20.8 Å². The van der Waals surface area contributed by atoms with Crippen LogP contribution in [0.5, 0.6) is 0 Å². The number of nitrogens with two attached hydrogens (primary N) is 1. The molecule has 0 aromatic carbocycles. The second-order valence-electron chi connectivity index (χ2n) is 7.46. The Kier molecular flexibility index (Phi) is 3.94. The lowest BCUT2D eigenvalue weighted by Crippen LogP contribution is -2.60. The molecule has 3 aliphatic heterocycles. The first kappa shape index (κ1) is 14.4. The Morgan fingerprint density at radius 2 is 1.86 bits per heavy atom. The van der Waals surface area contributed by atoms with Gasteiger partial charge in [0.05, 0.1) is 6.10 Å². The van der Waals surface area contributed by atoms with E-state index in [1.807, 2.05) is 5.01 Å². The van der Waals surface area contributed by atoms with Crippen molar-refractivity contribution in [2.75, 3.05) is 32.7 Å². The minimum absolute atomic E-state index is 0.0929. The number of ether oxygens (including phenoxy) is 1. The molecule has 3 atom stereocenters. The molecule has 1 spiro atoms. The second kappa shape index (κ2) is 5.76. The van der Waals surface area contributed by atoms with Crippen molar-refractivity contribution in [3.63, 3.8) is 0 Å². The molecule has 0 bridgehead atoms. The molecule has 0 aromatic rings. The zero-order chi connectivity index (χ0) is 14.3. The summed E-state index contributed by atoms with van der Waals surface area (Å²) in [5.74, 6) is 5.87. The van der Waals surface area contributed by atoms with E-state index in [0.717, 1.165) is 32.7 Å². The molecule has 21 heavy (non-hydrogen) atoms. The third-order valence-electron chi connectivity index (χ3n) is 6.01. The van der Waals surface area contributed by atoms with Crippen LogP contribution in [-0.2, 0) is 4.74 Å². The summed E-state index contributed by atoms with van der Waals surface area (Å²) in [6.45, 7) is 4.92. The van der Waals surface area contributed by atoms with Gasteiger partial charge in [-0.1, -0.05) is 12.8 Å². The predicted molar refractivity (Wildman–Crippen MR) is 81.1 cm³/mol. The van der Waals surface area contributed by atoms with E-state index in [9.17, 15) is 0 Å². The van der Waals surface area contributed by atoms with Crippen LogP contribution < -0.4 is 16.6 Å². The van der Waals surface area contributed by atoms with Gasteiger partial charge in [-0.25, -0.2) is 15.4 Å². The topological polar surface area (TPSA) is 65.8 Å². The van der Waals surface area contributed by atoms with Crippen molar-refractivity contribution >= 4 is 0 Å². The Bertz CT molecular complexity index is 363. The van der Waals surface area contributed by atoms with Crippen LogP contribution in [-0.4, -0.2) is 61.1 Å². The first-order valence-corrected chi connectivity index (χ1v) is 8.62. The SMILES string of the molecule is NN1C[C@H]2NCC(NN3CCC4(CCCC4)CC3)O[C@@H]2C1. The van der Waals surface area contributed by atoms with Gasteiger partial charge >= 0.3 is 0 Å². The van der Waals surface area contributed by atoms with Crippen molar-refractivity contribution in [3.05, 3.63) is 0 Å². The first-order chi connectivity index (χ1) is 10.2. The number of hydrazine groups is 2. The predicted octanol–water partition coefficient (Wildman–Crippen LogP) is 0.0196. The van der Waals surface area contributed by atoms with Crippen LogP contribution in [0.3, 0.4) is 0 Å². The van der Waals surface area contributed by atoms with E-state index in [1.54, 1.807) is 0 Å². The number of hydrogen-bond donors (Lipinski definition) is 3. The van der Waals surface area contributed by atoms with Gasteiger partial charge in [0.2, 0.25) is 0 Å².